The van der Waals surface area contributed by atoms with E-state index >= 15 is 0 Å². The molecule has 128 valence electrons. The average Bonchev–Trinajstić information content (AvgIpc) is 2.59. The van der Waals surface area contributed by atoms with E-state index < -0.39 is 5.63 Å². The van der Waals surface area contributed by atoms with Gasteiger partial charge in [0.25, 0.3) is 0 Å². The van der Waals surface area contributed by atoms with Crippen molar-refractivity contribution in [2.45, 2.75) is 20.1 Å². The first-order valence-electron chi connectivity index (χ1n) is 7.79. The molecule has 0 saturated carbocycles. The minimum Gasteiger partial charge on any atom is -0.489 e. The van der Waals surface area contributed by atoms with E-state index in [0.717, 1.165) is 10.9 Å². The second-order valence-electron chi connectivity index (χ2n) is 5.86. The molecule has 2 aromatic carbocycles. The van der Waals surface area contributed by atoms with Gasteiger partial charge in [-0.15, -0.1) is 0 Å². The van der Waals surface area contributed by atoms with E-state index in [0.29, 0.717) is 34.8 Å². The molecule has 3 aromatic rings. The van der Waals surface area contributed by atoms with E-state index in [-0.39, 0.29) is 19.2 Å². The third-order valence-electron chi connectivity index (χ3n) is 4.07. The Morgan fingerprint density at radius 2 is 2.08 bits per heavy atom. The van der Waals surface area contributed by atoms with Crippen molar-refractivity contribution in [1.29, 1.82) is 0 Å². The standard InChI is InChI=1S/C19H15FO5/c1-11-4-18(21)25-17-7-15(2-3-16(11)17)23-9-13-6-14(20)5-12-8-22-10-24-19(12)13/h2-7H,8-10H2,1H3. The Bertz CT molecular complexity index is 1010. The van der Waals surface area contributed by atoms with Gasteiger partial charge < -0.3 is 18.6 Å². The number of hydrogen-bond donors (Lipinski definition) is 0. The summed E-state index contributed by atoms with van der Waals surface area (Å²) in [5.74, 6) is 0.744. The summed E-state index contributed by atoms with van der Waals surface area (Å²) in [4.78, 5) is 11.5. The maximum Gasteiger partial charge on any atom is 0.336 e. The van der Waals surface area contributed by atoms with Crippen molar-refractivity contribution < 1.29 is 23.0 Å². The van der Waals surface area contributed by atoms with Gasteiger partial charge >= 0.3 is 5.63 Å². The van der Waals surface area contributed by atoms with Crippen molar-refractivity contribution in [2.24, 2.45) is 0 Å². The molecule has 2 heterocycles. The maximum atomic E-state index is 13.8. The molecule has 1 aliphatic rings. The summed E-state index contributed by atoms with van der Waals surface area (Å²) in [5.41, 5.74) is 2.14. The van der Waals surface area contributed by atoms with Crippen LogP contribution < -0.4 is 15.1 Å². The molecular formula is C19H15FO5. The number of aryl methyl sites for hydroxylation is 1. The van der Waals surface area contributed by atoms with Crippen LogP contribution in [0.5, 0.6) is 11.5 Å². The second-order valence-corrected chi connectivity index (χ2v) is 5.86. The van der Waals surface area contributed by atoms with Crippen LogP contribution in [0.15, 0.2) is 45.6 Å². The van der Waals surface area contributed by atoms with Gasteiger partial charge in [-0.05, 0) is 36.8 Å². The first-order chi connectivity index (χ1) is 12.1. The summed E-state index contributed by atoms with van der Waals surface area (Å²) in [5, 5.41) is 0.843. The molecule has 0 amide bonds. The molecule has 0 aliphatic carbocycles. The predicted molar refractivity (Wildman–Crippen MR) is 88.2 cm³/mol. The fourth-order valence-corrected chi connectivity index (χ4v) is 2.92. The smallest absolute Gasteiger partial charge is 0.336 e. The Labute approximate surface area is 142 Å². The molecule has 0 saturated heterocycles. The van der Waals surface area contributed by atoms with Gasteiger partial charge in [-0.3, -0.25) is 0 Å². The van der Waals surface area contributed by atoms with Gasteiger partial charge in [0, 0.05) is 28.6 Å². The first-order valence-corrected chi connectivity index (χ1v) is 7.79. The highest BCUT2D eigenvalue weighted by Gasteiger charge is 2.17. The van der Waals surface area contributed by atoms with Gasteiger partial charge in [0.05, 0.1) is 6.61 Å². The van der Waals surface area contributed by atoms with Crippen LogP contribution in [0.1, 0.15) is 16.7 Å². The fourth-order valence-electron chi connectivity index (χ4n) is 2.92. The minimum atomic E-state index is -0.408. The van der Waals surface area contributed by atoms with Crippen LogP contribution >= 0.6 is 0 Å². The highest BCUT2D eigenvalue weighted by molar-refractivity contribution is 5.81. The number of fused-ring (bicyclic) bond motifs is 2. The molecule has 0 fully saturated rings. The van der Waals surface area contributed by atoms with Crippen molar-refractivity contribution in [3.8, 4) is 11.5 Å². The summed E-state index contributed by atoms with van der Waals surface area (Å²) in [6.45, 7) is 2.41. The SMILES string of the molecule is Cc1cc(=O)oc2cc(OCc3cc(F)cc4c3OCOC4)ccc12. The van der Waals surface area contributed by atoms with Crippen molar-refractivity contribution in [1.82, 2.24) is 0 Å². The van der Waals surface area contributed by atoms with E-state index in [1.165, 1.54) is 18.2 Å². The molecule has 0 N–H and O–H groups in total. The lowest BCUT2D eigenvalue weighted by molar-refractivity contribution is -0.0178. The van der Waals surface area contributed by atoms with Gasteiger partial charge in [-0.1, -0.05) is 0 Å². The van der Waals surface area contributed by atoms with Gasteiger partial charge in [-0.25, -0.2) is 9.18 Å². The Balaban J connectivity index is 1.63. The molecule has 6 heteroatoms. The van der Waals surface area contributed by atoms with Crippen LogP contribution in [-0.2, 0) is 18.0 Å². The Morgan fingerprint density at radius 3 is 2.96 bits per heavy atom. The third kappa shape index (κ3) is 3.08. The molecule has 1 aliphatic heterocycles. The molecule has 0 atom stereocenters. The second kappa shape index (κ2) is 6.22. The zero-order chi connectivity index (χ0) is 17.4. The van der Waals surface area contributed by atoms with Crippen LogP contribution in [0, 0.1) is 12.7 Å². The third-order valence-corrected chi connectivity index (χ3v) is 4.07. The quantitative estimate of drug-likeness (QED) is 0.680. The Kier molecular flexibility index (Phi) is 3.89. The fraction of sp³-hybridized carbons (Fsp3) is 0.211. The van der Waals surface area contributed by atoms with Crippen LogP contribution in [-0.4, -0.2) is 6.79 Å². The largest absolute Gasteiger partial charge is 0.489 e. The first kappa shape index (κ1) is 15.7. The maximum absolute atomic E-state index is 13.8. The number of rotatable bonds is 3. The molecular weight excluding hydrogens is 327 g/mol. The molecule has 25 heavy (non-hydrogen) atoms. The van der Waals surface area contributed by atoms with Crippen molar-refractivity contribution >= 4 is 11.0 Å². The molecule has 4 rings (SSSR count). The lowest BCUT2D eigenvalue weighted by Crippen LogP contribution is -2.14. The van der Waals surface area contributed by atoms with E-state index in [2.05, 4.69) is 0 Å². The summed E-state index contributed by atoms with van der Waals surface area (Å²) >= 11 is 0. The highest BCUT2D eigenvalue weighted by atomic mass is 19.1. The van der Waals surface area contributed by atoms with E-state index in [9.17, 15) is 9.18 Å². The zero-order valence-electron chi connectivity index (χ0n) is 13.5. The summed E-state index contributed by atoms with van der Waals surface area (Å²) in [6.07, 6.45) is 0. The average molecular weight is 342 g/mol. The van der Waals surface area contributed by atoms with Gasteiger partial charge in [0.1, 0.15) is 29.5 Å². The lowest BCUT2D eigenvalue weighted by Gasteiger charge is -2.21. The number of ether oxygens (including phenoxy) is 3. The molecule has 0 spiro atoms. The van der Waals surface area contributed by atoms with Crippen LogP contribution in [0.2, 0.25) is 0 Å². The Morgan fingerprint density at radius 1 is 1.20 bits per heavy atom. The van der Waals surface area contributed by atoms with Crippen LogP contribution in [0.3, 0.4) is 0 Å². The summed E-state index contributed by atoms with van der Waals surface area (Å²) in [7, 11) is 0. The molecule has 0 unspecified atom stereocenters. The normalized spacial score (nSPS) is 13.4. The van der Waals surface area contributed by atoms with Gasteiger partial charge in [-0.2, -0.15) is 0 Å². The van der Waals surface area contributed by atoms with Crippen LogP contribution in [0.25, 0.3) is 11.0 Å². The van der Waals surface area contributed by atoms with E-state index in [1.807, 2.05) is 13.0 Å². The van der Waals surface area contributed by atoms with Crippen molar-refractivity contribution in [2.75, 3.05) is 6.79 Å². The van der Waals surface area contributed by atoms with Gasteiger partial charge in [0.2, 0.25) is 0 Å². The van der Waals surface area contributed by atoms with Crippen molar-refractivity contribution in [3.63, 3.8) is 0 Å². The number of benzene rings is 2. The highest BCUT2D eigenvalue weighted by Crippen LogP contribution is 2.31. The van der Waals surface area contributed by atoms with Gasteiger partial charge in [0.15, 0.2) is 6.79 Å². The van der Waals surface area contributed by atoms with E-state index in [1.54, 1.807) is 12.1 Å². The minimum absolute atomic E-state index is 0.127. The number of halogens is 1. The van der Waals surface area contributed by atoms with Crippen molar-refractivity contribution in [3.05, 3.63) is 69.3 Å². The lowest BCUT2D eigenvalue weighted by atomic mass is 10.1. The zero-order valence-corrected chi connectivity index (χ0v) is 13.5. The number of hydrogen-bond acceptors (Lipinski definition) is 5. The van der Waals surface area contributed by atoms with Crippen LogP contribution in [0.4, 0.5) is 4.39 Å². The topological polar surface area (TPSA) is 57.9 Å². The predicted octanol–water partition coefficient (Wildman–Crippen LogP) is 3.69. The summed E-state index contributed by atoms with van der Waals surface area (Å²) in [6, 6.07) is 9.49. The molecule has 1 aromatic heterocycles. The summed E-state index contributed by atoms with van der Waals surface area (Å²) < 4.78 is 35.4. The Hall–Kier alpha value is -2.86. The molecule has 0 bridgehead atoms. The van der Waals surface area contributed by atoms with E-state index in [4.69, 9.17) is 18.6 Å². The monoisotopic (exact) mass is 342 g/mol. The molecule has 0 radical (unpaired) electrons. The molecule has 5 nitrogen and oxygen atoms in total.